The van der Waals surface area contributed by atoms with Crippen LogP contribution in [0.3, 0.4) is 0 Å². The summed E-state index contributed by atoms with van der Waals surface area (Å²) in [4.78, 5) is 0. The fraction of sp³-hybridized carbons (Fsp3) is 0.684. The van der Waals surface area contributed by atoms with E-state index in [1.54, 1.807) is 0 Å². The van der Waals surface area contributed by atoms with Crippen molar-refractivity contribution in [1.29, 1.82) is 0 Å². The van der Waals surface area contributed by atoms with Crippen molar-refractivity contribution < 1.29 is 0 Å². The highest BCUT2D eigenvalue weighted by Crippen LogP contribution is 2.17. The monoisotopic (exact) mass is 275 g/mol. The molecule has 0 atom stereocenters. The maximum absolute atomic E-state index is 3.52. The van der Waals surface area contributed by atoms with E-state index in [-0.39, 0.29) is 0 Å². The van der Waals surface area contributed by atoms with Crippen molar-refractivity contribution in [2.75, 3.05) is 11.9 Å². The van der Waals surface area contributed by atoms with E-state index in [1.807, 2.05) is 0 Å². The van der Waals surface area contributed by atoms with E-state index in [0.29, 0.717) is 5.92 Å². The van der Waals surface area contributed by atoms with E-state index >= 15 is 0 Å². The van der Waals surface area contributed by atoms with Gasteiger partial charge in [0.1, 0.15) is 0 Å². The molecular weight excluding hydrogens is 242 g/mol. The number of benzene rings is 1. The van der Waals surface area contributed by atoms with Crippen LogP contribution in [0.2, 0.25) is 0 Å². The molecule has 0 aliphatic rings. The van der Waals surface area contributed by atoms with Crippen molar-refractivity contribution in [3.63, 3.8) is 0 Å². The van der Waals surface area contributed by atoms with Gasteiger partial charge < -0.3 is 5.32 Å². The molecule has 0 saturated carbocycles. The van der Waals surface area contributed by atoms with Crippen molar-refractivity contribution in [3.8, 4) is 0 Å². The third kappa shape index (κ3) is 7.57. The molecule has 0 aromatic heterocycles. The van der Waals surface area contributed by atoms with Crippen LogP contribution in [0.1, 0.15) is 83.6 Å². The lowest BCUT2D eigenvalue weighted by Crippen LogP contribution is -2.01. The van der Waals surface area contributed by atoms with Gasteiger partial charge in [0, 0.05) is 12.2 Å². The largest absolute Gasteiger partial charge is 0.385 e. The van der Waals surface area contributed by atoms with E-state index < -0.39 is 0 Å². The molecule has 0 saturated heterocycles. The van der Waals surface area contributed by atoms with Crippen LogP contribution in [0.4, 0.5) is 5.69 Å². The molecule has 0 fully saturated rings. The smallest absolute Gasteiger partial charge is 0.0340 e. The Kier molecular flexibility index (Phi) is 9.19. The lowest BCUT2D eigenvalue weighted by atomic mass is 10.0. The van der Waals surface area contributed by atoms with Crippen LogP contribution in [0.5, 0.6) is 0 Å². The topological polar surface area (TPSA) is 12.0 Å². The van der Waals surface area contributed by atoms with Gasteiger partial charge in [-0.05, 0) is 30.0 Å². The van der Waals surface area contributed by atoms with Gasteiger partial charge in [0.2, 0.25) is 0 Å². The van der Waals surface area contributed by atoms with E-state index in [9.17, 15) is 0 Å². The Labute approximate surface area is 126 Å². The first-order valence-corrected chi connectivity index (χ1v) is 8.58. The first-order chi connectivity index (χ1) is 9.74. The van der Waals surface area contributed by atoms with Crippen molar-refractivity contribution in [2.24, 2.45) is 0 Å². The average molecular weight is 275 g/mol. The van der Waals surface area contributed by atoms with Crippen LogP contribution in [0.25, 0.3) is 0 Å². The average Bonchev–Trinajstić information content (AvgIpc) is 2.46. The lowest BCUT2D eigenvalue weighted by Gasteiger charge is -2.09. The minimum absolute atomic E-state index is 0.622. The minimum Gasteiger partial charge on any atom is -0.385 e. The molecule has 0 unspecified atom stereocenters. The fourth-order valence-electron chi connectivity index (χ4n) is 2.48. The van der Waals surface area contributed by atoms with Crippen LogP contribution in [-0.4, -0.2) is 6.54 Å². The number of hydrogen-bond acceptors (Lipinski definition) is 1. The Morgan fingerprint density at radius 2 is 1.35 bits per heavy atom. The quantitative estimate of drug-likeness (QED) is 0.463. The van der Waals surface area contributed by atoms with Gasteiger partial charge in [-0.3, -0.25) is 0 Å². The summed E-state index contributed by atoms with van der Waals surface area (Å²) >= 11 is 0. The van der Waals surface area contributed by atoms with Gasteiger partial charge >= 0.3 is 0 Å². The summed E-state index contributed by atoms with van der Waals surface area (Å²) in [5, 5.41) is 3.52. The van der Waals surface area contributed by atoms with Gasteiger partial charge in [0.15, 0.2) is 0 Å². The number of rotatable bonds is 11. The Balaban J connectivity index is 2.01. The molecule has 1 N–H and O–H groups in total. The number of unbranched alkanes of at least 4 members (excludes halogenated alkanes) is 7. The van der Waals surface area contributed by atoms with Gasteiger partial charge in [-0.15, -0.1) is 0 Å². The second-order valence-corrected chi connectivity index (χ2v) is 6.18. The first-order valence-electron chi connectivity index (χ1n) is 8.58. The molecule has 1 heteroatoms. The molecule has 1 rings (SSSR count). The second kappa shape index (κ2) is 10.8. The van der Waals surface area contributed by atoms with Gasteiger partial charge in [0.05, 0.1) is 0 Å². The Bertz CT molecular complexity index is 326. The fourth-order valence-corrected chi connectivity index (χ4v) is 2.48. The highest BCUT2D eigenvalue weighted by molar-refractivity contribution is 5.44. The molecule has 1 nitrogen and oxygen atoms in total. The molecule has 114 valence electrons. The Morgan fingerprint density at radius 1 is 0.800 bits per heavy atom. The van der Waals surface area contributed by atoms with Crippen molar-refractivity contribution in [2.45, 2.75) is 78.1 Å². The molecule has 1 aromatic rings. The molecule has 0 amide bonds. The zero-order valence-corrected chi connectivity index (χ0v) is 13.8. The van der Waals surface area contributed by atoms with Crippen LogP contribution in [-0.2, 0) is 0 Å². The summed E-state index contributed by atoms with van der Waals surface area (Å²) in [6, 6.07) is 8.89. The third-order valence-electron chi connectivity index (χ3n) is 3.94. The predicted octanol–water partition coefficient (Wildman–Crippen LogP) is 6.36. The predicted molar refractivity (Wildman–Crippen MR) is 91.6 cm³/mol. The molecule has 0 heterocycles. The molecule has 0 spiro atoms. The Morgan fingerprint density at radius 3 is 1.90 bits per heavy atom. The molecule has 0 aliphatic carbocycles. The zero-order chi connectivity index (χ0) is 14.6. The van der Waals surface area contributed by atoms with Crippen LogP contribution in [0.15, 0.2) is 24.3 Å². The highest BCUT2D eigenvalue weighted by Gasteiger charge is 1.98. The van der Waals surface area contributed by atoms with Crippen LogP contribution < -0.4 is 5.32 Å². The second-order valence-electron chi connectivity index (χ2n) is 6.18. The summed E-state index contributed by atoms with van der Waals surface area (Å²) in [5.41, 5.74) is 2.68. The lowest BCUT2D eigenvalue weighted by molar-refractivity contribution is 0.581. The van der Waals surface area contributed by atoms with Crippen molar-refractivity contribution in [1.82, 2.24) is 0 Å². The van der Waals surface area contributed by atoms with Crippen molar-refractivity contribution in [3.05, 3.63) is 29.8 Å². The molecule has 20 heavy (non-hydrogen) atoms. The summed E-state index contributed by atoms with van der Waals surface area (Å²) in [6.07, 6.45) is 11.1. The SMILES string of the molecule is CCCCCCCCCCNc1ccc(C(C)C)cc1. The van der Waals surface area contributed by atoms with Gasteiger partial charge in [-0.1, -0.05) is 77.8 Å². The molecule has 1 aromatic carbocycles. The van der Waals surface area contributed by atoms with E-state index in [1.165, 1.54) is 62.6 Å². The summed E-state index contributed by atoms with van der Waals surface area (Å²) < 4.78 is 0. The maximum Gasteiger partial charge on any atom is 0.0340 e. The molecule has 0 bridgehead atoms. The summed E-state index contributed by atoms with van der Waals surface area (Å²) in [7, 11) is 0. The van der Waals surface area contributed by atoms with Crippen molar-refractivity contribution >= 4 is 5.69 Å². The molecular formula is C19H33N. The first kappa shape index (κ1) is 17.1. The van der Waals surface area contributed by atoms with E-state index in [2.05, 4.69) is 50.4 Å². The Hall–Kier alpha value is -0.980. The third-order valence-corrected chi connectivity index (χ3v) is 3.94. The van der Waals surface area contributed by atoms with Crippen LogP contribution >= 0.6 is 0 Å². The van der Waals surface area contributed by atoms with Gasteiger partial charge in [-0.25, -0.2) is 0 Å². The number of nitrogens with one attached hydrogen (secondary N) is 1. The summed E-state index contributed by atoms with van der Waals surface area (Å²) in [6.45, 7) is 7.86. The molecule has 0 aliphatic heterocycles. The highest BCUT2D eigenvalue weighted by atomic mass is 14.9. The minimum atomic E-state index is 0.622. The van der Waals surface area contributed by atoms with Gasteiger partial charge in [0.25, 0.3) is 0 Å². The summed E-state index contributed by atoms with van der Waals surface area (Å²) in [5.74, 6) is 0.622. The standard InChI is InChI=1S/C19H33N/c1-4-5-6-7-8-9-10-11-16-20-19-14-12-18(13-15-19)17(2)3/h12-15,17,20H,4-11,16H2,1-3H3. The molecule has 0 radical (unpaired) electrons. The normalized spacial score (nSPS) is 11.0. The number of hydrogen-bond donors (Lipinski definition) is 1. The zero-order valence-electron chi connectivity index (χ0n) is 13.8. The van der Waals surface area contributed by atoms with Gasteiger partial charge in [-0.2, -0.15) is 0 Å². The van der Waals surface area contributed by atoms with Crippen LogP contribution in [0, 0.1) is 0 Å². The van der Waals surface area contributed by atoms with E-state index in [4.69, 9.17) is 0 Å². The number of anilines is 1. The maximum atomic E-state index is 3.52. The van der Waals surface area contributed by atoms with E-state index in [0.717, 1.165) is 6.54 Å².